The largest absolute Gasteiger partial charge is 0.481 e. The van der Waals surface area contributed by atoms with E-state index in [1.54, 1.807) is 18.2 Å². The van der Waals surface area contributed by atoms with E-state index < -0.39 is 24.6 Å². The first-order valence-corrected chi connectivity index (χ1v) is 15.6. The third-order valence-electron chi connectivity index (χ3n) is 6.99. The second kappa shape index (κ2) is 19.2. The zero-order chi connectivity index (χ0) is 33.4. The maximum atomic E-state index is 13.7. The number of aliphatic carboxylic acids is 1. The molecule has 4 rings (SSSR count). The molecule has 0 aliphatic heterocycles. The summed E-state index contributed by atoms with van der Waals surface area (Å²) in [6.45, 7) is 10.6. The van der Waals surface area contributed by atoms with Gasteiger partial charge in [0.05, 0.1) is 24.2 Å². The number of aliphatic hydroxyl groups is 2. The molecule has 242 valence electrons. The Morgan fingerprint density at radius 3 is 1.84 bits per heavy atom. The highest BCUT2D eigenvalue weighted by atomic mass is 19.1. The highest BCUT2D eigenvalue weighted by molar-refractivity contribution is 6.10. The van der Waals surface area contributed by atoms with Crippen molar-refractivity contribution in [1.82, 2.24) is 4.57 Å². The Labute approximate surface area is 266 Å². The Bertz CT molecular complexity index is 1440. The van der Waals surface area contributed by atoms with E-state index in [0.717, 1.165) is 22.5 Å². The minimum atomic E-state index is -1.11. The van der Waals surface area contributed by atoms with E-state index in [0.29, 0.717) is 30.6 Å². The van der Waals surface area contributed by atoms with Crippen LogP contribution in [0.2, 0.25) is 0 Å². The molecule has 8 heteroatoms. The Kier molecular flexibility index (Phi) is 15.7. The van der Waals surface area contributed by atoms with Gasteiger partial charge in [-0.3, -0.25) is 9.59 Å². The van der Waals surface area contributed by atoms with Gasteiger partial charge >= 0.3 is 5.97 Å². The monoisotopic (exact) mass is 618 g/mol. The lowest BCUT2D eigenvalue weighted by molar-refractivity contribution is -0.139. The van der Waals surface area contributed by atoms with Crippen molar-refractivity contribution in [3.05, 3.63) is 114 Å². The van der Waals surface area contributed by atoms with E-state index in [1.807, 2.05) is 95.3 Å². The van der Waals surface area contributed by atoms with Crippen LogP contribution in [0.15, 0.2) is 91.0 Å². The Hall–Kier alpha value is -4.27. The highest BCUT2D eigenvalue weighted by Crippen LogP contribution is 2.38. The van der Waals surface area contributed by atoms with Crippen molar-refractivity contribution in [2.24, 2.45) is 0 Å². The van der Waals surface area contributed by atoms with Crippen LogP contribution in [0.5, 0.6) is 0 Å². The smallest absolute Gasteiger partial charge is 0.305 e. The molecular weight excluding hydrogens is 571 g/mol. The number of para-hydroxylation sites is 1. The summed E-state index contributed by atoms with van der Waals surface area (Å²) < 4.78 is 14.0. The molecule has 0 fully saturated rings. The van der Waals surface area contributed by atoms with E-state index in [9.17, 15) is 24.2 Å². The number of carbonyl (C=O) groups is 2. The van der Waals surface area contributed by atoms with Gasteiger partial charge in [-0.15, -0.1) is 0 Å². The minimum Gasteiger partial charge on any atom is -0.481 e. The van der Waals surface area contributed by atoms with E-state index in [-0.39, 0.29) is 24.1 Å². The van der Waals surface area contributed by atoms with Gasteiger partial charge in [0.25, 0.3) is 5.91 Å². The number of anilines is 1. The molecule has 2 atom stereocenters. The van der Waals surface area contributed by atoms with Crippen LogP contribution in [0, 0.1) is 5.82 Å². The van der Waals surface area contributed by atoms with Gasteiger partial charge < -0.3 is 25.2 Å². The highest BCUT2D eigenvalue weighted by Gasteiger charge is 2.29. The number of nitrogens with one attached hydrogen (secondary N) is 1. The summed E-state index contributed by atoms with van der Waals surface area (Å²) >= 11 is 0. The maximum Gasteiger partial charge on any atom is 0.305 e. The van der Waals surface area contributed by atoms with E-state index in [4.69, 9.17) is 5.11 Å². The molecule has 0 bridgehead atoms. The lowest BCUT2D eigenvalue weighted by Crippen LogP contribution is -2.23. The van der Waals surface area contributed by atoms with Crippen LogP contribution in [0.4, 0.5) is 10.1 Å². The summed E-state index contributed by atoms with van der Waals surface area (Å²) in [7, 11) is 0. The number of benzene rings is 3. The van der Waals surface area contributed by atoms with Crippen LogP contribution in [-0.4, -0.2) is 44.0 Å². The normalized spacial score (nSPS) is 11.8. The molecule has 2 unspecified atom stereocenters. The molecule has 4 N–H and O–H groups in total. The van der Waals surface area contributed by atoms with E-state index in [2.05, 4.69) is 9.88 Å². The fraction of sp³-hybridized carbons (Fsp3) is 0.351. The summed E-state index contributed by atoms with van der Waals surface area (Å²) in [6, 6.07) is 27.1. The van der Waals surface area contributed by atoms with Gasteiger partial charge in [-0.2, -0.15) is 0 Å². The second-order valence-electron chi connectivity index (χ2n) is 10.7. The minimum absolute atomic E-state index is 0.0149. The van der Waals surface area contributed by atoms with Crippen molar-refractivity contribution in [2.75, 3.05) is 5.32 Å². The Morgan fingerprint density at radius 2 is 1.38 bits per heavy atom. The van der Waals surface area contributed by atoms with Crippen molar-refractivity contribution >= 4 is 17.6 Å². The number of nitrogens with zero attached hydrogens (tertiary/aromatic N) is 1. The van der Waals surface area contributed by atoms with E-state index >= 15 is 0 Å². The average Bonchev–Trinajstić information content (AvgIpc) is 3.37. The van der Waals surface area contributed by atoms with E-state index in [1.165, 1.54) is 12.1 Å². The van der Waals surface area contributed by atoms with Gasteiger partial charge in [0.2, 0.25) is 0 Å². The van der Waals surface area contributed by atoms with Crippen LogP contribution >= 0.6 is 0 Å². The van der Waals surface area contributed by atoms with Crippen LogP contribution < -0.4 is 5.32 Å². The fourth-order valence-electron chi connectivity index (χ4n) is 5.18. The molecular formula is C37H47FN2O5. The first-order valence-electron chi connectivity index (χ1n) is 15.6. The molecule has 0 saturated carbocycles. The topological polar surface area (TPSA) is 112 Å². The second-order valence-corrected chi connectivity index (χ2v) is 10.7. The Balaban J connectivity index is 0.000000679. The standard InChI is InChI=1S/C29H36N2O5.C6H5F.C2H6/c1-4-24-26(20-11-7-5-8-12-20)27(29(36)30-21-13-9-6-10-14-21)28(19(2)3)31(24)16-15-22(32)17-23(33)18-25(34)35;7-6-4-2-1-3-5-6;1-2/h5-14,19,22-23,32-33H,4,15-18H2,1-3H3,(H,30,36)(H,34,35);1-5H;1-2H3. The molecule has 4 aromatic rings. The van der Waals surface area contributed by atoms with Gasteiger partial charge in [-0.25, -0.2) is 4.39 Å². The molecule has 1 aromatic heterocycles. The predicted octanol–water partition coefficient (Wildman–Crippen LogP) is 7.92. The number of aromatic nitrogens is 1. The van der Waals surface area contributed by atoms with Crippen molar-refractivity contribution in [2.45, 2.75) is 85.0 Å². The summed E-state index contributed by atoms with van der Waals surface area (Å²) in [5.41, 5.74) is 5.06. The van der Waals surface area contributed by atoms with Crippen molar-refractivity contribution < 1.29 is 29.3 Å². The van der Waals surface area contributed by atoms with Crippen molar-refractivity contribution in [1.29, 1.82) is 0 Å². The van der Waals surface area contributed by atoms with Crippen LogP contribution in [0.1, 0.15) is 81.5 Å². The number of carboxylic acids is 1. The third kappa shape index (κ3) is 11.3. The molecule has 0 spiro atoms. The van der Waals surface area contributed by atoms with Gasteiger partial charge in [-0.1, -0.05) is 101 Å². The average molecular weight is 619 g/mol. The summed E-state index contributed by atoms with van der Waals surface area (Å²) in [4.78, 5) is 24.6. The number of amides is 1. The summed E-state index contributed by atoms with van der Waals surface area (Å²) in [5, 5.41) is 32.4. The lowest BCUT2D eigenvalue weighted by atomic mass is 9.95. The van der Waals surface area contributed by atoms with Crippen molar-refractivity contribution in [3.63, 3.8) is 0 Å². The summed E-state index contributed by atoms with van der Waals surface area (Å²) in [5.74, 6) is -1.44. The molecule has 1 amide bonds. The zero-order valence-electron chi connectivity index (χ0n) is 26.9. The molecule has 1 heterocycles. The number of aliphatic hydroxyl groups excluding tert-OH is 2. The van der Waals surface area contributed by atoms with Crippen LogP contribution in [0.25, 0.3) is 11.1 Å². The number of halogens is 1. The molecule has 7 nitrogen and oxygen atoms in total. The predicted molar refractivity (Wildman–Crippen MR) is 179 cm³/mol. The zero-order valence-corrected chi connectivity index (χ0v) is 26.9. The van der Waals surface area contributed by atoms with Gasteiger partial charge in [0.1, 0.15) is 5.82 Å². The van der Waals surface area contributed by atoms with Gasteiger partial charge in [0.15, 0.2) is 0 Å². The van der Waals surface area contributed by atoms with Crippen LogP contribution in [-0.2, 0) is 17.8 Å². The SMILES string of the molecule is CC.CCc1c(-c2ccccc2)c(C(=O)Nc2ccccc2)c(C(C)C)n1CCC(O)CC(O)CC(=O)O.Fc1ccccc1. The maximum absolute atomic E-state index is 13.7. The van der Waals surface area contributed by atoms with Gasteiger partial charge in [0, 0.05) is 29.2 Å². The molecule has 0 aliphatic carbocycles. The lowest BCUT2D eigenvalue weighted by Gasteiger charge is -2.19. The number of hydrogen-bond donors (Lipinski definition) is 4. The molecule has 3 aromatic carbocycles. The first-order chi connectivity index (χ1) is 21.6. The molecule has 45 heavy (non-hydrogen) atoms. The molecule has 0 radical (unpaired) electrons. The summed E-state index contributed by atoms with van der Waals surface area (Å²) in [6.07, 6.45) is -1.39. The fourth-order valence-corrected chi connectivity index (χ4v) is 5.18. The quantitative estimate of drug-likeness (QED) is 0.129. The van der Waals surface area contributed by atoms with Gasteiger partial charge in [-0.05, 0) is 55.0 Å². The number of carboxylic acid groups (broad SMARTS) is 1. The molecule has 0 aliphatic rings. The van der Waals surface area contributed by atoms with Crippen molar-refractivity contribution in [3.8, 4) is 11.1 Å². The number of hydrogen-bond acceptors (Lipinski definition) is 4. The number of rotatable bonds is 12. The third-order valence-corrected chi connectivity index (χ3v) is 6.99. The Morgan fingerprint density at radius 1 is 0.844 bits per heavy atom. The first kappa shape index (κ1) is 36.9. The van der Waals surface area contributed by atoms with Crippen LogP contribution in [0.3, 0.4) is 0 Å². The molecule has 0 saturated heterocycles. The number of carbonyl (C=O) groups excluding carboxylic acids is 1.